The molecule has 8 heteroatoms. The zero-order valence-corrected chi connectivity index (χ0v) is 15.1. The Hall–Kier alpha value is -2.12. The Morgan fingerprint density at radius 2 is 2.04 bits per heavy atom. The Kier molecular flexibility index (Phi) is 7.67. The number of halogens is 1. The van der Waals surface area contributed by atoms with Crippen LogP contribution in [-0.2, 0) is 6.42 Å². The number of amides is 2. The predicted octanol–water partition coefficient (Wildman–Crippen LogP) is 2.84. The van der Waals surface area contributed by atoms with Crippen LogP contribution in [0.3, 0.4) is 0 Å². The van der Waals surface area contributed by atoms with E-state index < -0.39 is 0 Å². The molecule has 1 aromatic carbocycles. The number of nitrogens with zero attached hydrogens (tertiary/aromatic N) is 2. The van der Waals surface area contributed by atoms with Gasteiger partial charge in [0.1, 0.15) is 0 Å². The van der Waals surface area contributed by atoms with Crippen molar-refractivity contribution in [1.82, 2.24) is 20.8 Å². The molecule has 0 saturated heterocycles. The summed E-state index contributed by atoms with van der Waals surface area (Å²) in [5, 5.41) is 12.7. The zero-order valence-electron chi connectivity index (χ0n) is 14.3. The molecule has 0 fully saturated rings. The van der Waals surface area contributed by atoms with Crippen molar-refractivity contribution < 1.29 is 9.32 Å². The van der Waals surface area contributed by atoms with Crippen molar-refractivity contribution in [1.29, 1.82) is 0 Å². The molecule has 0 radical (unpaired) electrons. The number of urea groups is 1. The molecule has 2 amide bonds. The van der Waals surface area contributed by atoms with Crippen LogP contribution in [0.2, 0.25) is 0 Å². The van der Waals surface area contributed by atoms with Gasteiger partial charge in [-0.2, -0.15) is 4.98 Å². The van der Waals surface area contributed by atoms with Crippen LogP contribution in [-0.4, -0.2) is 35.3 Å². The summed E-state index contributed by atoms with van der Waals surface area (Å²) in [6.45, 7) is 5.86. The van der Waals surface area contributed by atoms with Crippen LogP contribution in [0.5, 0.6) is 0 Å². The second-order valence-corrected chi connectivity index (χ2v) is 5.74. The molecule has 0 saturated carbocycles. The van der Waals surface area contributed by atoms with Crippen molar-refractivity contribution in [3.8, 4) is 11.5 Å². The molecule has 7 nitrogen and oxygen atoms in total. The van der Waals surface area contributed by atoms with Crippen LogP contribution in [0.4, 0.5) is 10.5 Å². The van der Waals surface area contributed by atoms with Crippen LogP contribution in [0.1, 0.15) is 26.6 Å². The summed E-state index contributed by atoms with van der Waals surface area (Å²) in [5.74, 6) is 1.09. The molecule has 2 aromatic rings. The molecular formula is C16H24ClN5O2. The van der Waals surface area contributed by atoms with Crippen molar-refractivity contribution in [2.24, 2.45) is 0 Å². The minimum Gasteiger partial charge on any atom is -0.336 e. The van der Waals surface area contributed by atoms with Crippen LogP contribution in [0, 0.1) is 0 Å². The summed E-state index contributed by atoms with van der Waals surface area (Å²) in [6.07, 6.45) is 0.689. The Morgan fingerprint density at radius 3 is 2.71 bits per heavy atom. The fraction of sp³-hybridized carbons (Fsp3) is 0.438. The molecule has 24 heavy (non-hydrogen) atoms. The van der Waals surface area contributed by atoms with Gasteiger partial charge in [0.25, 0.3) is 5.89 Å². The first-order chi connectivity index (χ1) is 11.0. The van der Waals surface area contributed by atoms with Crippen molar-refractivity contribution in [2.75, 3.05) is 12.4 Å². The third-order valence-electron chi connectivity index (χ3n) is 3.24. The number of aromatic nitrogens is 2. The number of likely N-dealkylation sites (N-methyl/N-ethyl adjacent to an activating group) is 1. The first-order valence-corrected chi connectivity index (χ1v) is 7.65. The third kappa shape index (κ3) is 5.82. The van der Waals surface area contributed by atoms with E-state index in [1.165, 1.54) is 0 Å². The van der Waals surface area contributed by atoms with E-state index in [4.69, 9.17) is 4.52 Å². The molecule has 0 aliphatic heterocycles. The fourth-order valence-electron chi connectivity index (χ4n) is 1.99. The Labute approximate surface area is 148 Å². The van der Waals surface area contributed by atoms with Crippen molar-refractivity contribution in [3.05, 3.63) is 30.1 Å². The lowest BCUT2D eigenvalue weighted by Crippen LogP contribution is -2.34. The van der Waals surface area contributed by atoms with Crippen molar-refractivity contribution in [3.63, 3.8) is 0 Å². The standard InChI is InChI=1S/C16H23N5O2.ClH/c1-10(2)18-16(22)19-13-7-5-6-12(9-13)15-20-14(21-23-15)8-11(3)17-4;/h5-7,9-11,17H,8H2,1-4H3,(H2,18,19,22);1H. The predicted molar refractivity (Wildman–Crippen MR) is 96.5 cm³/mol. The Bertz CT molecular complexity index is 659. The number of rotatable bonds is 6. The lowest BCUT2D eigenvalue weighted by Gasteiger charge is -2.10. The lowest BCUT2D eigenvalue weighted by atomic mass is 10.2. The minimum absolute atomic E-state index is 0. The molecular weight excluding hydrogens is 330 g/mol. The largest absolute Gasteiger partial charge is 0.336 e. The summed E-state index contributed by atoms with van der Waals surface area (Å²) < 4.78 is 5.30. The normalized spacial score (nSPS) is 11.7. The molecule has 1 atom stereocenters. The van der Waals surface area contributed by atoms with Gasteiger partial charge >= 0.3 is 6.03 Å². The van der Waals surface area contributed by atoms with Gasteiger partial charge in [-0.25, -0.2) is 4.79 Å². The highest BCUT2D eigenvalue weighted by Crippen LogP contribution is 2.21. The molecule has 1 unspecified atom stereocenters. The van der Waals surface area contributed by atoms with E-state index in [1.807, 2.05) is 46.0 Å². The molecule has 1 aromatic heterocycles. The number of nitrogens with one attached hydrogen (secondary N) is 3. The van der Waals surface area contributed by atoms with Crippen LogP contribution >= 0.6 is 12.4 Å². The lowest BCUT2D eigenvalue weighted by molar-refractivity contribution is 0.250. The monoisotopic (exact) mass is 353 g/mol. The molecule has 132 valence electrons. The Morgan fingerprint density at radius 1 is 1.29 bits per heavy atom. The highest BCUT2D eigenvalue weighted by Gasteiger charge is 2.12. The van der Waals surface area contributed by atoms with Gasteiger partial charge in [0.15, 0.2) is 5.82 Å². The van der Waals surface area contributed by atoms with Crippen LogP contribution in [0.25, 0.3) is 11.5 Å². The number of carbonyl (C=O) groups is 1. The van der Waals surface area contributed by atoms with E-state index in [-0.39, 0.29) is 30.5 Å². The number of benzene rings is 1. The van der Waals surface area contributed by atoms with Gasteiger partial charge in [0.2, 0.25) is 0 Å². The molecule has 0 aliphatic carbocycles. The molecule has 0 spiro atoms. The van der Waals surface area contributed by atoms with Gasteiger partial charge in [0.05, 0.1) is 0 Å². The average Bonchev–Trinajstić information content (AvgIpc) is 2.95. The maximum absolute atomic E-state index is 11.7. The maximum Gasteiger partial charge on any atom is 0.319 e. The second kappa shape index (κ2) is 9.24. The second-order valence-electron chi connectivity index (χ2n) is 5.74. The van der Waals surface area contributed by atoms with E-state index in [2.05, 4.69) is 26.1 Å². The highest BCUT2D eigenvalue weighted by atomic mass is 35.5. The van der Waals surface area contributed by atoms with E-state index in [1.54, 1.807) is 6.07 Å². The van der Waals surface area contributed by atoms with Crippen molar-refractivity contribution in [2.45, 2.75) is 39.3 Å². The molecule has 0 aliphatic rings. The van der Waals surface area contributed by atoms with Gasteiger partial charge in [0, 0.05) is 29.8 Å². The van der Waals surface area contributed by atoms with Gasteiger partial charge in [-0.3, -0.25) is 0 Å². The van der Waals surface area contributed by atoms with Gasteiger partial charge in [-0.15, -0.1) is 12.4 Å². The molecule has 2 rings (SSSR count). The average molecular weight is 354 g/mol. The third-order valence-corrected chi connectivity index (χ3v) is 3.24. The summed E-state index contributed by atoms with van der Waals surface area (Å²) in [4.78, 5) is 16.1. The molecule has 0 bridgehead atoms. The summed E-state index contributed by atoms with van der Waals surface area (Å²) >= 11 is 0. The quantitative estimate of drug-likeness (QED) is 0.742. The van der Waals surface area contributed by atoms with E-state index in [0.717, 1.165) is 5.56 Å². The van der Waals surface area contributed by atoms with E-state index in [9.17, 15) is 4.79 Å². The summed E-state index contributed by atoms with van der Waals surface area (Å²) in [6, 6.07) is 7.41. The number of hydrogen-bond donors (Lipinski definition) is 3. The highest BCUT2D eigenvalue weighted by molar-refractivity contribution is 5.90. The Balaban J connectivity index is 0.00000288. The SMILES string of the molecule is CNC(C)Cc1noc(-c2cccc(NC(=O)NC(C)C)c2)n1.Cl. The summed E-state index contributed by atoms with van der Waals surface area (Å²) in [5.41, 5.74) is 1.44. The van der Waals surface area contributed by atoms with E-state index >= 15 is 0 Å². The van der Waals surface area contributed by atoms with Gasteiger partial charge in [-0.1, -0.05) is 11.2 Å². The number of carbonyl (C=O) groups excluding carboxylic acids is 1. The van der Waals surface area contributed by atoms with Crippen LogP contribution < -0.4 is 16.0 Å². The first-order valence-electron chi connectivity index (χ1n) is 7.65. The fourth-order valence-corrected chi connectivity index (χ4v) is 1.99. The summed E-state index contributed by atoms with van der Waals surface area (Å²) in [7, 11) is 1.89. The minimum atomic E-state index is -0.244. The van der Waals surface area contributed by atoms with E-state index in [0.29, 0.717) is 23.8 Å². The first kappa shape index (κ1) is 19.9. The smallest absolute Gasteiger partial charge is 0.319 e. The van der Waals surface area contributed by atoms with Gasteiger partial charge in [-0.05, 0) is 46.0 Å². The molecule has 3 N–H and O–H groups in total. The number of hydrogen-bond acceptors (Lipinski definition) is 5. The molecule has 1 heterocycles. The zero-order chi connectivity index (χ0) is 16.8. The topological polar surface area (TPSA) is 92.1 Å². The van der Waals surface area contributed by atoms with Gasteiger partial charge < -0.3 is 20.5 Å². The maximum atomic E-state index is 11.7. The van der Waals surface area contributed by atoms with Crippen molar-refractivity contribution >= 4 is 24.1 Å². The number of anilines is 1. The van der Waals surface area contributed by atoms with Crippen LogP contribution in [0.15, 0.2) is 28.8 Å².